The number of hydrogen-bond acceptors (Lipinski definition) is 3. The van der Waals surface area contributed by atoms with E-state index in [9.17, 15) is 4.79 Å². The number of amides is 1. The molecule has 0 bridgehead atoms. The molecule has 0 aliphatic rings. The molecule has 1 amide bonds. The number of rotatable bonds is 5. The molecule has 1 heterocycles. The molecule has 0 spiro atoms. The van der Waals surface area contributed by atoms with Crippen molar-refractivity contribution >= 4 is 29.8 Å². The normalized spacial score (nSPS) is 11.7. The minimum absolute atomic E-state index is 0.307. The Morgan fingerprint density at radius 3 is 2.65 bits per heavy atom. The van der Waals surface area contributed by atoms with Gasteiger partial charge >= 0.3 is 0 Å². The lowest BCUT2D eigenvalue weighted by Gasteiger charge is -1.98. The molecule has 3 aromatic rings. The van der Waals surface area contributed by atoms with Crippen LogP contribution in [0.4, 0.5) is 0 Å². The van der Waals surface area contributed by atoms with Crippen LogP contribution in [0.2, 0.25) is 5.02 Å². The largest absolute Gasteiger partial charge is 0.289 e. The average Bonchev–Trinajstić information content (AvgIpc) is 3.13. The van der Waals surface area contributed by atoms with Gasteiger partial charge in [0.1, 0.15) is 5.69 Å². The summed E-state index contributed by atoms with van der Waals surface area (Å²) in [4.78, 5) is 12.2. The van der Waals surface area contributed by atoms with Gasteiger partial charge in [0.15, 0.2) is 0 Å². The number of aromatic nitrogens is 2. The molecule has 26 heavy (non-hydrogen) atoms. The predicted octanol–water partition coefficient (Wildman–Crippen LogP) is 4.55. The van der Waals surface area contributed by atoms with Gasteiger partial charge in [-0.2, -0.15) is 10.2 Å². The topological polar surface area (TPSA) is 70.1 Å². The summed E-state index contributed by atoms with van der Waals surface area (Å²) < 4.78 is 0. The van der Waals surface area contributed by atoms with Crippen LogP contribution in [0.1, 0.15) is 23.0 Å². The minimum Gasteiger partial charge on any atom is -0.272 e. The van der Waals surface area contributed by atoms with E-state index >= 15 is 0 Å². The molecule has 5 nitrogen and oxygen atoms in total. The molecule has 3 rings (SSSR count). The molecule has 0 fully saturated rings. The van der Waals surface area contributed by atoms with Crippen molar-refractivity contribution in [1.29, 1.82) is 0 Å². The van der Waals surface area contributed by atoms with Gasteiger partial charge in [0.25, 0.3) is 5.91 Å². The second-order valence-corrected chi connectivity index (χ2v) is 6.05. The summed E-state index contributed by atoms with van der Waals surface area (Å²) in [7, 11) is 0. The Morgan fingerprint density at radius 2 is 1.88 bits per heavy atom. The first-order valence-electron chi connectivity index (χ1n) is 8.00. The number of H-pyrrole nitrogens is 1. The number of hydrazone groups is 1. The van der Waals surface area contributed by atoms with Crippen molar-refractivity contribution in [3.05, 3.63) is 82.5 Å². The highest BCUT2D eigenvalue weighted by molar-refractivity contribution is 6.33. The summed E-state index contributed by atoms with van der Waals surface area (Å²) in [5.74, 6) is -0.375. The first kappa shape index (κ1) is 17.6. The van der Waals surface area contributed by atoms with Gasteiger partial charge in [-0.3, -0.25) is 9.89 Å². The number of benzene rings is 2. The zero-order valence-corrected chi connectivity index (χ0v) is 14.9. The van der Waals surface area contributed by atoms with E-state index in [1.165, 1.54) is 0 Å². The number of halogens is 1. The molecule has 0 atom stereocenters. The van der Waals surface area contributed by atoms with Gasteiger partial charge in [-0.1, -0.05) is 66.2 Å². The van der Waals surface area contributed by atoms with E-state index in [0.717, 1.165) is 16.7 Å². The molecule has 2 N–H and O–H groups in total. The number of carbonyl (C=O) groups is 1. The fourth-order valence-corrected chi connectivity index (χ4v) is 2.58. The van der Waals surface area contributed by atoms with E-state index < -0.39 is 0 Å². The van der Waals surface area contributed by atoms with E-state index in [1.807, 2.05) is 61.5 Å². The van der Waals surface area contributed by atoms with Crippen LogP contribution in [0.3, 0.4) is 0 Å². The number of nitrogens with one attached hydrogen (secondary N) is 2. The van der Waals surface area contributed by atoms with Gasteiger partial charge in [0, 0.05) is 5.56 Å². The van der Waals surface area contributed by atoms with Gasteiger partial charge in [-0.15, -0.1) is 0 Å². The van der Waals surface area contributed by atoms with E-state index in [4.69, 9.17) is 11.6 Å². The molecular weight excluding hydrogens is 348 g/mol. The molecule has 0 radical (unpaired) electrons. The van der Waals surface area contributed by atoms with Gasteiger partial charge < -0.3 is 0 Å². The molecule has 0 saturated heterocycles. The van der Waals surface area contributed by atoms with Crippen LogP contribution < -0.4 is 5.43 Å². The number of carbonyl (C=O) groups excluding carboxylic acids is 1. The van der Waals surface area contributed by atoms with Gasteiger partial charge in [0.2, 0.25) is 0 Å². The summed E-state index contributed by atoms with van der Waals surface area (Å²) in [6.45, 7) is 1.91. The van der Waals surface area contributed by atoms with Crippen molar-refractivity contribution in [2.75, 3.05) is 0 Å². The van der Waals surface area contributed by atoms with Crippen LogP contribution in [0.25, 0.3) is 17.3 Å². The molecule has 6 heteroatoms. The van der Waals surface area contributed by atoms with Crippen molar-refractivity contribution < 1.29 is 4.79 Å². The Kier molecular flexibility index (Phi) is 5.61. The SMILES string of the molecule is CC(/C=N\NC(=O)c1cc(-c2ccccc2Cl)n[nH]1)=C/c1ccccc1. The Bertz CT molecular complexity index is 961. The third kappa shape index (κ3) is 4.46. The van der Waals surface area contributed by atoms with Crippen LogP contribution in [-0.4, -0.2) is 22.3 Å². The molecule has 130 valence electrons. The summed E-state index contributed by atoms with van der Waals surface area (Å²) in [6.07, 6.45) is 3.57. The Labute approximate surface area is 156 Å². The fourth-order valence-electron chi connectivity index (χ4n) is 2.35. The molecule has 2 aromatic carbocycles. The highest BCUT2D eigenvalue weighted by Gasteiger charge is 2.12. The summed E-state index contributed by atoms with van der Waals surface area (Å²) in [6, 6.07) is 18.8. The smallest absolute Gasteiger partial charge is 0.272 e. The third-order valence-electron chi connectivity index (χ3n) is 3.60. The third-order valence-corrected chi connectivity index (χ3v) is 3.93. The number of hydrogen-bond donors (Lipinski definition) is 2. The van der Waals surface area contributed by atoms with Crippen LogP contribution in [0.15, 0.2) is 71.3 Å². The lowest BCUT2D eigenvalue weighted by atomic mass is 10.1. The Balaban J connectivity index is 1.64. The molecule has 1 aromatic heterocycles. The van der Waals surface area contributed by atoms with Gasteiger partial charge in [-0.25, -0.2) is 5.43 Å². The van der Waals surface area contributed by atoms with Crippen molar-refractivity contribution in [1.82, 2.24) is 15.6 Å². The van der Waals surface area contributed by atoms with E-state index in [0.29, 0.717) is 16.4 Å². The minimum atomic E-state index is -0.375. The maximum atomic E-state index is 12.2. The van der Waals surface area contributed by atoms with Crippen LogP contribution in [-0.2, 0) is 0 Å². The van der Waals surface area contributed by atoms with Crippen molar-refractivity contribution in [3.8, 4) is 11.3 Å². The van der Waals surface area contributed by atoms with Crippen molar-refractivity contribution in [3.63, 3.8) is 0 Å². The summed E-state index contributed by atoms with van der Waals surface area (Å²) in [5, 5.41) is 11.4. The van der Waals surface area contributed by atoms with Crippen molar-refractivity contribution in [2.24, 2.45) is 5.10 Å². The maximum Gasteiger partial charge on any atom is 0.289 e. The summed E-state index contributed by atoms with van der Waals surface area (Å²) >= 11 is 6.15. The first-order chi connectivity index (χ1) is 12.6. The summed E-state index contributed by atoms with van der Waals surface area (Å²) in [5.41, 5.74) is 6.13. The monoisotopic (exact) mass is 364 g/mol. The van der Waals surface area contributed by atoms with Crippen LogP contribution in [0, 0.1) is 0 Å². The Hall–Kier alpha value is -3.18. The average molecular weight is 365 g/mol. The standard InChI is InChI=1S/C20H17ClN4O/c1-14(11-15-7-3-2-4-8-15)13-22-25-20(26)19-12-18(23-24-19)16-9-5-6-10-17(16)21/h2-13H,1H3,(H,23,24)(H,25,26)/b14-11-,22-13-. The van der Waals surface area contributed by atoms with Gasteiger partial charge in [0.05, 0.1) is 16.9 Å². The van der Waals surface area contributed by atoms with Gasteiger partial charge in [-0.05, 0) is 30.2 Å². The van der Waals surface area contributed by atoms with Crippen LogP contribution in [0.5, 0.6) is 0 Å². The Morgan fingerprint density at radius 1 is 1.15 bits per heavy atom. The molecular formula is C20H17ClN4O. The number of aromatic amines is 1. The zero-order chi connectivity index (χ0) is 18.4. The van der Waals surface area contributed by atoms with E-state index in [2.05, 4.69) is 20.7 Å². The first-order valence-corrected chi connectivity index (χ1v) is 8.38. The predicted molar refractivity (Wildman–Crippen MR) is 105 cm³/mol. The van der Waals surface area contributed by atoms with Crippen LogP contribution >= 0.6 is 11.6 Å². The van der Waals surface area contributed by atoms with E-state index in [1.54, 1.807) is 18.3 Å². The number of nitrogens with zero attached hydrogens (tertiary/aromatic N) is 2. The second kappa shape index (κ2) is 8.27. The van der Waals surface area contributed by atoms with Crippen molar-refractivity contribution in [2.45, 2.75) is 6.92 Å². The zero-order valence-electron chi connectivity index (χ0n) is 14.1. The highest BCUT2D eigenvalue weighted by Crippen LogP contribution is 2.26. The molecule has 0 aliphatic heterocycles. The highest BCUT2D eigenvalue weighted by atomic mass is 35.5. The lowest BCUT2D eigenvalue weighted by molar-refractivity contribution is 0.0950. The lowest BCUT2D eigenvalue weighted by Crippen LogP contribution is -2.17. The fraction of sp³-hybridized carbons (Fsp3) is 0.0500. The maximum absolute atomic E-state index is 12.2. The van der Waals surface area contributed by atoms with E-state index in [-0.39, 0.29) is 5.91 Å². The molecule has 0 unspecified atom stereocenters. The molecule has 0 aliphatic carbocycles. The number of allylic oxidation sites excluding steroid dienone is 1. The molecule has 0 saturated carbocycles. The quantitative estimate of drug-likeness (QED) is 0.515. The second-order valence-electron chi connectivity index (χ2n) is 5.64.